The van der Waals surface area contributed by atoms with Gasteiger partial charge in [-0.25, -0.2) is 0 Å². The lowest BCUT2D eigenvalue weighted by atomic mass is 9.95. The van der Waals surface area contributed by atoms with Gasteiger partial charge in [0, 0.05) is 11.1 Å². The summed E-state index contributed by atoms with van der Waals surface area (Å²) in [4.78, 5) is 0. The second kappa shape index (κ2) is 6.44. The zero-order valence-corrected chi connectivity index (χ0v) is 11.7. The average Bonchev–Trinajstić information content (AvgIpc) is 2.88. The molecule has 100 valence electrons. The van der Waals surface area contributed by atoms with Gasteiger partial charge in [0.25, 0.3) is 0 Å². The van der Waals surface area contributed by atoms with E-state index < -0.39 is 0 Å². The first-order chi connectivity index (χ1) is 8.70. The van der Waals surface area contributed by atoms with Crippen LogP contribution in [0, 0.1) is 5.92 Å². The molecule has 1 aromatic carbocycles. The van der Waals surface area contributed by atoms with Gasteiger partial charge in [0.2, 0.25) is 0 Å². The van der Waals surface area contributed by atoms with Gasteiger partial charge in [-0.2, -0.15) is 0 Å². The van der Waals surface area contributed by atoms with E-state index in [9.17, 15) is 0 Å². The summed E-state index contributed by atoms with van der Waals surface area (Å²) in [6.07, 6.45) is 7.79. The van der Waals surface area contributed by atoms with Crippen molar-refractivity contribution >= 4 is 11.6 Å². The standard InChI is InChI=1S/C15H22ClNO/c1-18-12-7-8-13(14(16)10-12)15(17)9-6-11-4-2-3-5-11/h7-8,10-11,15H,2-6,9,17H2,1H3. The maximum Gasteiger partial charge on any atom is 0.120 e. The summed E-state index contributed by atoms with van der Waals surface area (Å²) in [5.74, 6) is 1.67. The zero-order chi connectivity index (χ0) is 13.0. The predicted octanol–water partition coefficient (Wildman–Crippen LogP) is 4.32. The maximum atomic E-state index is 6.24. The lowest BCUT2D eigenvalue weighted by Gasteiger charge is -2.16. The molecule has 1 fully saturated rings. The molecule has 2 rings (SSSR count). The first-order valence-corrected chi connectivity index (χ1v) is 7.17. The Kier molecular flexibility index (Phi) is 4.90. The van der Waals surface area contributed by atoms with Crippen molar-refractivity contribution in [2.45, 2.75) is 44.6 Å². The highest BCUT2D eigenvalue weighted by Gasteiger charge is 2.17. The van der Waals surface area contributed by atoms with Gasteiger partial charge >= 0.3 is 0 Å². The van der Waals surface area contributed by atoms with Crippen molar-refractivity contribution in [2.24, 2.45) is 11.7 Å². The lowest BCUT2D eigenvalue weighted by Crippen LogP contribution is -2.12. The van der Waals surface area contributed by atoms with Gasteiger partial charge in [0.1, 0.15) is 5.75 Å². The smallest absolute Gasteiger partial charge is 0.120 e. The van der Waals surface area contributed by atoms with Gasteiger partial charge < -0.3 is 10.5 Å². The highest BCUT2D eigenvalue weighted by atomic mass is 35.5. The molecule has 0 radical (unpaired) electrons. The second-order valence-electron chi connectivity index (χ2n) is 5.22. The third-order valence-corrected chi connectivity index (χ3v) is 4.30. The molecule has 0 saturated heterocycles. The summed E-state index contributed by atoms with van der Waals surface area (Å²) in [5, 5.41) is 0.716. The first-order valence-electron chi connectivity index (χ1n) is 6.79. The van der Waals surface area contributed by atoms with Crippen LogP contribution in [0.2, 0.25) is 5.02 Å². The van der Waals surface area contributed by atoms with Crippen molar-refractivity contribution in [3.05, 3.63) is 28.8 Å². The third-order valence-electron chi connectivity index (χ3n) is 3.97. The molecule has 0 aliphatic heterocycles. The summed E-state index contributed by atoms with van der Waals surface area (Å²) in [7, 11) is 1.64. The SMILES string of the molecule is COc1ccc(C(N)CCC2CCCC2)c(Cl)c1. The third kappa shape index (κ3) is 3.39. The van der Waals surface area contributed by atoms with E-state index in [1.54, 1.807) is 7.11 Å². The monoisotopic (exact) mass is 267 g/mol. The molecule has 1 saturated carbocycles. The van der Waals surface area contributed by atoms with E-state index in [0.29, 0.717) is 5.02 Å². The molecule has 0 amide bonds. The highest BCUT2D eigenvalue weighted by Crippen LogP contribution is 2.33. The van der Waals surface area contributed by atoms with Crippen LogP contribution in [0.4, 0.5) is 0 Å². The Bertz CT molecular complexity index is 388. The summed E-state index contributed by atoms with van der Waals surface area (Å²) < 4.78 is 5.15. The van der Waals surface area contributed by atoms with E-state index in [1.807, 2.05) is 18.2 Å². The normalized spacial score (nSPS) is 17.9. The molecule has 3 heteroatoms. The molecule has 1 unspecified atom stereocenters. The van der Waals surface area contributed by atoms with Gasteiger partial charge in [-0.05, 0) is 36.5 Å². The molecular formula is C15H22ClNO. The Morgan fingerprint density at radius 1 is 1.39 bits per heavy atom. The molecule has 2 N–H and O–H groups in total. The van der Waals surface area contributed by atoms with Gasteiger partial charge in [0.15, 0.2) is 0 Å². The Hall–Kier alpha value is -0.730. The Morgan fingerprint density at radius 2 is 2.11 bits per heavy atom. The molecule has 2 nitrogen and oxygen atoms in total. The van der Waals surface area contributed by atoms with Crippen LogP contribution in [-0.2, 0) is 0 Å². The van der Waals surface area contributed by atoms with Crippen LogP contribution in [0.5, 0.6) is 5.75 Å². The Labute approximate surface area is 114 Å². The number of nitrogens with two attached hydrogens (primary N) is 1. The predicted molar refractivity (Wildman–Crippen MR) is 76.1 cm³/mol. The second-order valence-corrected chi connectivity index (χ2v) is 5.63. The number of methoxy groups -OCH3 is 1. The van der Waals surface area contributed by atoms with Crippen LogP contribution in [0.1, 0.15) is 50.1 Å². The minimum atomic E-state index is 0.0454. The van der Waals surface area contributed by atoms with Gasteiger partial charge in [-0.1, -0.05) is 43.4 Å². The number of rotatable bonds is 5. The largest absolute Gasteiger partial charge is 0.497 e. The highest BCUT2D eigenvalue weighted by molar-refractivity contribution is 6.31. The summed E-state index contributed by atoms with van der Waals surface area (Å²) >= 11 is 6.24. The Balaban J connectivity index is 1.93. The molecule has 0 aromatic heterocycles. The van der Waals surface area contributed by atoms with Crippen LogP contribution in [0.15, 0.2) is 18.2 Å². The van der Waals surface area contributed by atoms with Crippen LogP contribution < -0.4 is 10.5 Å². The van der Waals surface area contributed by atoms with E-state index in [0.717, 1.165) is 23.7 Å². The minimum Gasteiger partial charge on any atom is -0.497 e. The summed E-state index contributed by atoms with van der Waals surface area (Å²) in [6.45, 7) is 0. The molecular weight excluding hydrogens is 246 g/mol. The van der Waals surface area contributed by atoms with Crippen molar-refractivity contribution in [1.29, 1.82) is 0 Å². The minimum absolute atomic E-state index is 0.0454. The van der Waals surface area contributed by atoms with Gasteiger partial charge in [0.05, 0.1) is 7.11 Å². The molecule has 1 aliphatic rings. The van der Waals surface area contributed by atoms with E-state index >= 15 is 0 Å². The van der Waals surface area contributed by atoms with E-state index in [-0.39, 0.29) is 6.04 Å². The van der Waals surface area contributed by atoms with Crippen molar-refractivity contribution in [1.82, 2.24) is 0 Å². The summed E-state index contributed by atoms with van der Waals surface area (Å²) in [5.41, 5.74) is 7.28. The van der Waals surface area contributed by atoms with Crippen LogP contribution >= 0.6 is 11.6 Å². The molecule has 18 heavy (non-hydrogen) atoms. The molecule has 0 bridgehead atoms. The van der Waals surface area contributed by atoms with Crippen molar-refractivity contribution in [2.75, 3.05) is 7.11 Å². The number of hydrogen-bond donors (Lipinski definition) is 1. The van der Waals surface area contributed by atoms with Crippen molar-refractivity contribution in [3.8, 4) is 5.75 Å². The van der Waals surface area contributed by atoms with Gasteiger partial charge in [-0.15, -0.1) is 0 Å². The van der Waals surface area contributed by atoms with E-state index in [4.69, 9.17) is 22.1 Å². The number of halogens is 1. The number of hydrogen-bond acceptors (Lipinski definition) is 2. The fourth-order valence-corrected chi connectivity index (χ4v) is 3.12. The maximum absolute atomic E-state index is 6.24. The molecule has 0 heterocycles. The summed E-state index contributed by atoms with van der Waals surface area (Å²) in [6, 6.07) is 5.80. The van der Waals surface area contributed by atoms with Crippen LogP contribution in [-0.4, -0.2) is 7.11 Å². The average molecular weight is 268 g/mol. The van der Waals surface area contributed by atoms with E-state index in [2.05, 4.69) is 0 Å². The fourth-order valence-electron chi connectivity index (χ4n) is 2.81. The molecule has 1 atom stereocenters. The van der Waals surface area contributed by atoms with Crippen molar-refractivity contribution < 1.29 is 4.74 Å². The number of ether oxygens (including phenoxy) is 1. The molecule has 1 aromatic rings. The Morgan fingerprint density at radius 3 is 2.72 bits per heavy atom. The zero-order valence-electron chi connectivity index (χ0n) is 11.0. The van der Waals surface area contributed by atoms with Crippen LogP contribution in [0.25, 0.3) is 0 Å². The fraction of sp³-hybridized carbons (Fsp3) is 0.600. The topological polar surface area (TPSA) is 35.2 Å². The van der Waals surface area contributed by atoms with Crippen molar-refractivity contribution in [3.63, 3.8) is 0 Å². The number of benzene rings is 1. The van der Waals surface area contributed by atoms with Gasteiger partial charge in [-0.3, -0.25) is 0 Å². The molecule has 1 aliphatic carbocycles. The molecule has 0 spiro atoms. The van der Waals surface area contributed by atoms with Crippen LogP contribution in [0.3, 0.4) is 0 Å². The quantitative estimate of drug-likeness (QED) is 0.862. The lowest BCUT2D eigenvalue weighted by molar-refractivity contribution is 0.414. The first kappa shape index (κ1) is 13.7. The van der Waals surface area contributed by atoms with E-state index in [1.165, 1.54) is 32.1 Å².